The number of rotatable bonds is 6. The van der Waals surface area contributed by atoms with Crippen molar-refractivity contribution < 1.29 is 13.9 Å². The Bertz CT molecular complexity index is 746. The summed E-state index contributed by atoms with van der Waals surface area (Å²) in [5.41, 5.74) is 0.953. The van der Waals surface area contributed by atoms with E-state index in [0.29, 0.717) is 28.6 Å². The molecule has 0 aliphatic carbocycles. The van der Waals surface area contributed by atoms with Crippen molar-refractivity contribution in [3.63, 3.8) is 0 Å². The molecule has 0 radical (unpaired) electrons. The third-order valence-corrected chi connectivity index (χ3v) is 4.30. The van der Waals surface area contributed by atoms with Crippen LogP contribution in [0.25, 0.3) is 11.1 Å². The summed E-state index contributed by atoms with van der Waals surface area (Å²) >= 11 is 5.86. The maximum Gasteiger partial charge on any atom is 0.420 e. The van der Waals surface area contributed by atoms with Gasteiger partial charge in [-0.2, -0.15) is 0 Å². The Morgan fingerprint density at radius 2 is 2.30 bits per heavy atom. The number of halogens is 1. The Morgan fingerprint density at radius 1 is 1.43 bits per heavy atom. The van der Waals surface area contributed by atoms with E-state index in [4.69, 9.17) is 20.8 Å². The number of amides is 1. The average Bonchev–Trinajstić information content (AvgIpc) is 3.12. The molecular formula is C16H19ClN2O4. The Hall–Kier alpha value is -1.79. The van der Waals surface area contributed by atoms with Crippen molar-refractivity contribution in [2.75, 3.05) is 19.8 Å². The monoisotopic (exact) mass is 338 g/mol. The number of oxazole rings is 1. The van der Waals surface area contributed by atoms with Crippen LogP contribution in [0, 0.1) is 5.92 Å². The van der Waals surface area contributed by atoms with Gasteiger partial charge in [0.05, 0.1) is 5.52 Å². The smallest absolute Gasteiger partial charge is 0.408 e. The van der Waals surface area contributed by atoms with Gasteiger partial charge in [-0.25, -0.2) is 4.79 Å². The molecule has 1 fully saturated rings. The second kappa shape index (κ2) is 7.19. The SMILES string of the molecule is O=C(Cn1c(=O)oc2cc(Cl)ccc21)NCCC[C@@H]1CCOC1. The molecule has 1 aliphatic rings. The molecule has 1 atom stereocenters. The Labute approximate surface area is 138 Å². The van der Waals surface area contributed by atoms with Gasteiger partial charge in [0.25, 0.3) is 0 Å². The molecular weight excluding hydrogens is 320 g/mol. The van der Waals surface area contributed by atoms with Crippen LogP contribution in [0.4, 0.5) is 0 Å². The number of carbonyl (C=O) groups excluding carboxylic acids is 1. The molecule has 0 saturated carbocycles. The second-order valence-corrected chi connectivity index (χ2v) is 6.22. The van der Waals surface area contributed by atoms with E-state index in [1.165, 1.54) is 4.57 Å². The Kier molecular flexibility index (Phi) is 5.03. The minimum Gasteiger partial charge on any atom is -0.408 e. The summed E-state index contributed by atoms with van der Waals surface area (Å²) in [6, 6.07) is 4.91. The molecule has 0 spiro atoms. The number of carbonyl (C=O) groups is 1. The van der Waals surface area contributed by atoms with E-state index < -0.39 is 5.76 Å². The van der Waals surface area contributed by atoms with E-state index in [1.54, 1.807) is 18.2 Å². The maximum atomic E-state index is 12.0. The molecule has 1 aliphatic heterocycles. The van der Waals surface area contributed by atoms with Crippen LogP contribution in [0.3, 0.4) is 0 Å². The molecule has 23 heavy (non-hydrogen) atoms. The lowest BCUT2D eigenvalue weighted by atomic mass is 10.0. The van der Waals surface area contributed by atoms with Gasteiger partial charge in [0.15, 0.2) is 5.58 Å². The van der Waals surface area contributed by atoms with Crippen molar-refractivity contribution in [3.8, 4) is 0 Å². The lowest BCUT2D eigenvalue weighted by Gasteiger charge is -2.08. The van der Waals surface area contributed by atoms with Crippen LogP contribution in [0.15, 0.2) is 27.4 Å². The third-order valence-electron chi connectivity index (χ3n) is 4.07. The summed E-state index contributed by atoms with van der Waals surface area (Å²) < 4.78 is 11.7. The molecule has 1 aromatic carbocycles. The number of hydrogen-bond acceptors (Lipinski definition) is 4. The zero-order valence-corrected chi connectivity index (χ0v) is 13.5. The highest BCUT2D eigenvalue weighted by Crippen LogP contribution is 2.18. The highest BCUT2D eigenvalue weighted by Gasteiger charge is 2.15. The van der Waals surface area contributed by atoms with E-state index in [9.17, 15) is 9.59 Å². The molecule has 1 N–H and O–H groups in total. The van der Waals surface area contributed by atoms with Gasteiger partial charge in [-0.15, -0.1) is 0 Å². The third kappa shape index (κ3) is 3.95. The number of ether oxygens (including phenoxy) is 1. The molecule has 6 nitrogen and oxygen atoms in total. The van der Waals surface area contributed by atoms with Gasteiger partial charge in [0.1, 0.15) is 6.54 Å². The summed E-state index contributed by atoms with van der Waals surface area (Å²) in [7, 11) is 0. The molecule has 1 aromatic heterocycles. The summed E-state index contributed by atoms with van der Waals surface area (Å²) in [5.74, 6) is -0.148. The van der Waals surface area contributed by atoms with Crippen molar-refractivity contribution in [2.45, 2.75) is 25.8 Å². The van der Waals surface area contributed by atoms with Crippen molar-refractivity contribution in [1.82, 2.24) is 9.88 Å². The first-order valence-corrected chi connectivity index (χ1v) is 8.14. The van der Waals surface area contributed by atoms with E-state index in [1.807, 2.05) is 0 Å². The van der Waals surface area contributed by atoms with Crippen LogP contribution in [-0.4, -0.2) is 30.2 Å². The number of nitrogens with zero attached hydrogens (tertiary/aromatic N) is 1. The molecule has 7 heteroatoms. The van der Waals surface area contributed by atoms with Crippen molar-refractivity contribution >= 4 is 28.6 Å². The van der Waals surface area contributed by atoms with Gasteiger partial charge < -0.3 is 14.5 Å². The molecule has 3 rings (SSSR count). The van der Waals surface area contributed by atoms with Crippen LogP contribution in [-0.2, 0) is 16.1 Å². The van der Waals surface area contributed by atoms with E-state index in [-0.39, 0.29) is 12.5 Å². The van der Waals surface area contributed by atoms with Crippen LogP contribution in [0.2, 0.25) is 5.02 Å². The minimum absolute atomic E-state index is 0.0556. The maximum absolute atomic E-state index is 12.0. The molecule has 0 unspecified atom stereocenters. The lowest BCUT2D eigenvalue weighted by molar-refractivity contribution is -0.121. The standard InChI is InChI=1S/C16H19ClN2O4/c17-12-3-4-13-14(8-12)23-16(21)19(13)9-15(20)18-6-1-2-11-5-7-22-10-11/h3-4,8,11H,1-2,5-7,9-10H2,(H,18,20)/t11-/m1/s1. The fourth-order valence-electron chi connectivity index (χ4n) is 2.82. The zero-order chi connectivity index (χ0) is 16.2. The molecule has 1 amide bonds. The van der Waals surface area contributed by atoms with Crippen LogP contribution >= 0.6 is 11.6 Å². The number of aromatic nitrogens is 1. The zero-order valence-electron chi connectivity index (χ0n) is 12.7. The van der Waals surface area contributed by atoms with Gasteiger partial charge >= 0.3 is 5.76 Å². The van der Waals surface area contributed by atoms with E-state index >= 15 is 0 Å². The Balaban J connectivity index is 1.53. The van der Waals surface area contributed by atoms with Crippen molar-refractivity contribution in [1.29, 1.82) is 0 Å². The highest BCUT2D eigenvalue weighted by molar-refractivity contribution is 6.31. The average molecular weight is 339 g/mol. The molecule has 2 aromatic rings. The van der Waals surface area contributed by atoms with E-state index in [2.05, 4.69) is 5.32 Å². The van der Waals surface area contributed by atoms with Crippen molar-refractivity contribution in [3.05, 3.63) is 33.8 Å². The Morgan fingerprint density at radius 3 is 3.09 bits per heavy atom. The quantitative estimate of drug-likeness (QED) is 0.819. The normalized spacial score (nSPS) is 17.7. The lowest BCUT2D eigenvalue weighted by Crippen LogP contribution is -2.31. The summed E-state index contributed by atoms with van der Waals surface area (Å²) in [4.78, 5) is 23.9. The fourth-order valence-corrected chi connectivity index (χ4v) is 2.98. The second-order valence-electron chi connectivity index (χ2n) is 5.79. The van der Waals surface area contributed by atoms with Gasteiger partial charge in [-0.1, -0.05) is 11.6 Å². The number of hydrogen-bond donors (Lipinski definition) is 1. The van der Waals surface area contributed by atoms with Gasteiger partial charge in [-0.3, -0.25) is 9.36 Å². The summed E-state index contributed by atoms with van der Waals surface area (Å²) in [5, 5.41) is 3.33. The van der Waals surface area contributed by atoms with Gasteiger partial charge in [0, 0.05) is 30.8 Å². The predicted octanol–water partition coefficient (Wildman–Crippen LogP) is 2.18. The first-order valence-electron chi connectivity index (χ1n) is 7.77. The largest absolute Gasteiger partial charge is 0.420 e. The van der Waals surface area contributed by atoms with Crippen molar-refractivity contribution in [2.24, 2.45) is 5.92 Å². The minimum atomic E-state index is -0.555. The predicted molar refractivity (Wildman–Crippen MR) is 86.7 cm³/mol. The van der Waals surface area contributed by atoms with Crippen LogP contribution in [0.1, 0.15) is 19.3 Å². The fraction of sp³-hybridized carbons (Fsp3) is 0.500. The highest BCUT2D eigenvalue weighted by atomic mass is 35.5. The first kappa shape index (κ1) is 16.1. The number of fused-ring (bicyclic) bond motifs is 1. The molecule has 0 bridgehead atoms. The molecule has 124 valence electrons. The topological polar surface area (TPSA) is 73.5 Å². The molecule has 2 heterocycles. The summed E-state index contributed by atoms with van der Waals surface area (Å²) in [6.45, 7) is 2.22. The van der Waals surface area contributed by atoms with Gasteiger partial charge in [0.2, 0.25) is 5.91 Å². The van der Waals surface area contributed by atoms with E-state index in [0.717, 1.165) is 32.5 Å². The number of nitrogens with one attached hydrogen (secondary N) is 1. The molecule has 1 saturated heterocycles. The van der Waals surface area contributed by atoms with Crippen LogP contribution < -0.4 is 11.1 Å². The van der Waals surface area contributed by atoms with Gasteiger partial charge in [-0.05, 0) is 37.3 Å². The van der Waals surface area contributed by atoms with Crippen LogP contribution in [0.5, 0.6) is 0 Å². The number of benzene rings is 1. The first-order chi connectivity index (χ1) is 11.1. The summed E-state index contributed by atoms with van der Waals surface area (Å²) in [6.07, 6.45) is 3.07.